The molecule has 2 aromatic rings. The van der Waals surface area contributed by atoms with E-state index in [-0.39, 0.29) is 0 Å². The Bertz CT molecular complexity index is 492. The van der Waals surface area contributed by atoms with Gasteiger partial charge in [-0.2, -0.15) is 0 Å². The van der Waals surface area contributed by atoms with Crippen LogP contribution in [0.5, 0.6) is 0 Å². The highest BCUT2D eigenvalue weighted by atomic mass is 35.5. The zero-order valence-corrected chi connectivity index (χ0v) is 10.9. The standard InChI is InChI=1S/C12H17ClN4/c1-17(2)7-3-6-14-12-15-10-5-4-9(13)8-11(10)16-12/h4-5,8H,3,6-7H2,1-2H3,(H2,14,15,16). The molecule has 1 aromatic carbocycles. The molecular formula is C12H17ClN4. The second kappa shape index (κ2) is 5.38. The van der Waals surface area contributed by atoms with Crippen molar-refractivity contribution in [3.63, 3.8) is 0 Å². The summed E-state index contributed by atoms with van der Waals surface area (Å²) in [5.41, 5.74) is 1.90. The van der Waals surface area contributed by atoms with Crippen LogP contribution >= 0.6 is 11.6 Å². The number of anilines is 1. The van der Waals surface area contributed by atoms with Gasteiger partial charge in [0.05, 0.1) is 11.0 Å². The smallest absolute Gasteiger partial charge is 0.201 e. The van der Waals surface area contributed by atoms with Crippen molar-refractivity contribution in [1.29, 1.82) is 0 Å². The third kappa shape index (κ3) is 3.35. The maximum absolute atomic E-state index is 5.92. The fraction of sp³-hybridized carbons (Fsp3) is 0.417. The second-order valence-corrected chi connectivity index (χ2v) is 4.77. The summed E-state index contributed by atoms with van der Waals surface area (Å²) in [6.07, 6.45) is 1.09. The monoisotopic (exact) mass is 252 g/mol. The molecule has 1 aromatic heterocycles. The quantitative estimate of drug-likeness (QED) is 0.804. The molecule has 0 saturated heterocycles. The number of nitrogens with zero attached hydrogens (tertiary/aromatic N) is 2. The Morgan fingerprint density at radius 3 is 3.00 bits per heavy atom. The Labute approximate surface area is 106 Å². The van der Waals surface area contributed by atoms with E-state index in [0.29, 0.717) is 0 Å². The Morgan fingerprint density at radius 1 is 1.41 bits per heavy atom. The molecule has 0 aliphatic heterocycles. The second-order valence-electron chi connectivity index (χ2n) is 4.33. The van der Waals surface area contributed by atoms with Crippen molar-refractivity contribution < 1.29 is 0 Å². The van der Waals surface area contributed by atoms with Crippen molar-refractivity contribution in [2.24, 2.45) is 0 Å². The highest BCUT2D eigenvalue weighted by molar-refractivity contribution is 6.31. The van der Waals surface area contributed by atoms with Gasteiger partial charge in [0.1, 0.15) is 0 Å². The Morgan fingerprint density at radius 2 is 2.24 bits per heavy atom. The normalized spacial score (nSPS) is 11.3. The number of H-pyrrole nitrogens is 1. The first-order valence-electron chi connectivity index (χ1n) is 5.69. The average Bonchev–Trinajstić information content (AvgIpc) is 2.66. The average molecular weight is 253 g/mol. The minimum atomic E-state index is 0.723. The van der Waals surface area contributed by atoms with Crippen molar-refractivity contribution in [2.75, 3.05) is 32.5 Å². The van der Waals surface area contributed by atoms with E-state index in [9.17, 15) is 0 Å². The predicted molar refractivity (Wildman–Crippen MR) is 72.8 cm³/mol. The lowest BCUT2D eigenvalue weighted by molar-refractivity contribution is 0.405. The van der Waals surface area contributed by atoms with E-state index in [4.69, 9.17) is 11.6 Å². The van der Waals surface area contributed by atoms with Crippen molar-refractivity contribution in [3.05, 3.63) is 23.2 Å². The highest BCUT2D eigenvalue weighted by Crippen LogP contribution is 2.18. The first-order chi connectivity index (χ1) is 8.15. The van der Waals surface area contributed by atoms with Crippen LogP contribution in [0.1, 0.15) is 6.42 Å². The molecule has 0 spiro atoms. The number of nitrogens with one attached hydrogen (secondary N) is 2. The van der Waals surface area contributed by atoms with Gasteiger partial charge in [-0.15, -0.1) is 0 Å². The van der Waals surface area contributed by atoms with Crippen LogP contribution in [-0.2, 0) is 0 Å². The molecule has 92 valence electrons. The molecule has 17 heavy (non-hydrogen) atoms. The van der Waals surface area contributed by atoms with Gasteiger partial charge in [0.2, 0.25) is 5.95 Å². The van der Waals surface area contributed by atoms with Crippen LogP contribution in [-0.4, -0.2) is 42.1 Å². The molecule has 0 radical (unpaired) electrons. The van der Waals surface area contributed by atoms with Gasteiger partial charge < -0.3 is 15.2 Å². The van der Waals surface area contributed by atoms with E-state index in [1.165, 1.54) is 0 Å². The van der Waals surface area contributed by atoms with E-state index < -0.39 is 0 Å². The van der Waals surface area contributed by atoms with Crippen LogP contribution in [0.15, 0.2) is 18.2 Å². The van der Waals surface area contributed by atoms with Gasteiger partial charge in [-0.3, -0.25) is 0 Å². The van der Waals surface area contributed by atoms with E-state index in [1.54, 1.807) is 0 Å². The third-order valence-electron chi connectivity index (χ3n) is 2.52. The van der Waals surface area contributed by atoms with Gasteiger partial charge in [0.25, 0.3) is 0 Å². The highest BCUT2D eigenvalue weighted by Gasteiger charge is 2.02. The largest absolute Gasteiger partial charge is 0.356 e. The third-order valence-corrected chi connectivity index (χ3v) is 2.75. The number of hydrogen-bond acceptors (Lipinski definition) is 3. The maximum Gasteiger partial charge on any atom is 0.201 e. The predicted octanol–water partition coefficient (Wildman–Crippen LogP) is 2.58. The molecule has 0 bridgehead atoms. The van der Waals surface area contributed by atoms with Crippen LogP contribution in [0.3, 0.4) is 0 Å². The lowest BCUT2D eigenvalue weighted by Gasteiger charge is -2.08. The number of rotatable bonds is 5. The molecule has 0 aliphatic carbocycles. The molecule has 0 aliphatic rings. The number of imidazole rings is 1. The molecular weight excluding hydrogens is 236 g/mol. The van der Waals surface area contributed by atoms with E-state index in [0.717, 1.165) is 41.5 Å². The van der Waals surface area contributed by atoms with Crippen molar-refractivity contribution >= 4 is 28.6 Å². The molecule has 2 rings (SSSR count). The summed E-state index contributed by atoms with van der Waals surface area (Å²) in [6.45, 7) is 1.98. The number of aromatic amines is 1. The Hall–Kier alpha value is -1.26. The summed E-state index contributed by atoms with van der Waals surface area (Å²) in [5, 5.41) is 3.99. The molecule has 0 amide bonds. The minimum Gasteiger partial charge on any atom is -0.356 e. The summed E-state index contributed by atoms with van der Waals surface area (Å²) in [5.74, 6) is 0.807. The van der Waals surface area contributed by atoms with Crippen molar-refractivity contribution in [2.45, 2.75) is 6.42 Å². The van der Waals surface area contributed by atoms with E-state index in [2.05, 4.69) is 34.3 Å². The number of hydrogen-bond donors (Lipinski definition) is 2. The van der Waals surface area contributed by atoms with Crippen LogP contribution < -0.4 is 5.32 Å². The molecule has 0 atom stereocenters. The number of aromatic nitrogens is 2. The first kappa shape index (κ1) is 12.2. The van der Waals surface area contributed by atoms with Crippen LogP contribution in [0.25, 0.3) is 11.0 Å². The summed E-state index contributed by atoms with van der Waals surface area (Å²) in [6, 6.07) is 5.65. The van der Waals surface area contributed by atoms with Crippen molar-refractivity contribution in [1.82, 2.24) is 14.9 Å². The van der Waals surface area contributed by atoms with Crippen LogP contribution in [0.2, 0.25) is 5.02 Å². The van der Waals surface area contributed by atoms with Crippen LogP contribution in [0, 0.1) is 0 Å². The molecule has 4 nitrogen and oxygen atoms in total. The number of benzene rings is 1. The summed E-state index contributed by atoms with van der Waals surface area (Å²) >= 11 is 5.92. The number of fused-ring (bicyclic) bond motifs is 1. The van der Waals surface area contributed by atoms with Gasteiger partial charge in [0.15, 0.2) is 0 Å². The lowest BCUT2D eigenvalue weighted by atomic mass is 10.3. The lowest BCUT2D eigenvalue weighted by Crippen LogP contribution is -2.16. The zero-order chi connectivity index (χ0) is 12.3. The molecule has 1 heterocycles. The van der Waals surface area contributed by atoms with Gasteiger partial charge in [-0.1, -0.05) is 11.6 Å². The first-order valence-corrected chi connectivity index (χ1v) is 6.07. The van der Waals surface area contributed by atoms with Crippen LogP contribution in [0.4, 0.5) is 5.95 Å². The number of halogens is 1. The summed E-state index contributed by atoms with van der Waals surface area (Å²) in [7, 11) is 4.15. The fourth-order valence-electron chi connectivity index (χ4n) is 1.67. The van der Waals surface area contributed by atoms with Crippen molar-refractivity contribution in [3.8, 4) is 0 Å². The minimum absolute atomic E-state index is 0.723. The van der Waals surface area contributed by atoms with E-state index >= 15 is 0 Å². The molecule has 0 unspecified atom stereocenters. The maximum atomic E-state index is 5.92. The summed E-state index contributed by atoms with van der Waals surface area (Å²) < 4.78 is 0. The zero-order valence-electron chi connectivity index (χ0n) is 10.1. The van der Waals surface area contributed by atoms with Gasteiger partial charge in [-0.25, -0.2) is 4.98 Å². The molecule has 2 N–H and O–H groups in total. The topological polar surface area (TPSA) is 44.0 Å². The summed E-state index contributed by atoms with van der Waals surface area (Å²) in [4.78, 5) is 9.80. The molecule has 0 saturated carbocycles. The Kier molecular flexibility index (Phi) is 3.86. The molecule has 0 fully saturated rings. The van der Waals surface area contributed by atoms with Gasteiger partial charge in [-0.05, 0) is 45.3 Å². The fourth-order valence-corrected chi connectivity index (χ4v) is 1.84. The Balaban J connectivity index is 1.95. The molecule has 5 heteroatoms. The van der Waals surface area contributed by atoms with Gasteiger partial charge >= 0.3 is 0 Å². The van der Waals surface area contributed by atoms with E-state index in [1.807, 2.05) is 18.2 Å². The van der Waals surface area contributed by atoms with Gasteiger partial charge in [0, 0.05) is 11.6 Å². The SMILES string of the molecule is CN(C)CCCNc1nc2ccc(Cl)cc2[nH]1.